The van der Waals surface area contributed by atoms with Gasteiger partial charge in [-0.05, 0) is 41.8 Å². The predicted molar refractivity (Wildman–Crippen MR) is 107 cm³/mol. The molecule has 8 nitrogen and oxygen atoms in total. The zero-order valence-electron chi connectivity index (χ0n) is 15.7. The first kappa shape index (κ1) is 20.2. The summed E-state index contributed by atoms with van der Waals surface area (Å²) < 4.78 is 11.5. The number of carbonyl (C=O) groups excluding carboxylic acids is 2. The van der Waals surface area contributed by atoms with Gasteiger partial charge in [-0.3, -0.25) is 14.6 Å². The summed E-state index contributed by atoms with van der Waals surface area (Å²) in [6, 6.07) is 1.67. The van der Waals surface area contributed by atoms with Gasteiger partial charge in [0.1, 0.15) is 5.76 Å². The lowest BCUT2D eigenvalue weighted by atomic mass is 9.93. The van der Waals surface area contributed by atoms with Gasteiger partial charge in [0.05, 0.1) is 17.9 Å². The second-order valence-electron chi connectivity index (χ2n) is 6.35. The molecule has 1 aliphatic carbocycles. The quantitative estimate of drug-likeness (QED) is 0.521. The monoisotopic (exact) mass is 448 g/mol. The zero-order chi connectivity index (χ0) is 20.1. The first-order valence-electron chi connectivity index (χ1n) is 8.88. The Balaban J connectivity index is 1.79. The Labute approximate surface area is 170 Å². The van der Waals surface area contributed by atoms with Crippen LogP contribution in [0.4, 0.5) is 0 Å². The zero-order valence-corrected chi connectivity index (χ0v) is 17.3. The summed E-state index contributed by atoms with van der Waals surface area (Å²) in [6.07, 6.45) is 5.32. The van der Waals surface area contributed by atoms with Crippen LogP contribution >= 0.6 is 15.9 Å². The second kappa shape index (κ2) is 9.11. The molecule has 2 aromatic heterocycles. The average Bonchev–Trinajstić information content (AvgIpc) is 3.03. The first-order valence-corrected chi connectivity index (χ1v) is 9.67. The van der Waals surface area contributed by atoms with E-state index < -0.39 is 0 Å². The Kier molecular flexibility index (Phi) is 6.58. The number of aromatic nitrogens is 1. The number of furan rings is 1. The van der Waals surface area contributed by atoms with Crippen LogP contribution in [0.5, 0.6) is 0 Å². The first-order chi connectivity index (χ1) is 13.5. The summed E-state index contributed by atoms with van der Waals surface area (Å²) in [4.78, 5) is 28.7. The number of amides is 2. The number of fused-ring (bicyclic) bond motifs is 1. The second-order valence-corrected chi connectivity index (χ2v) is 7.26. The molecule has 0 aromatic carbocycles. The number of aryl methyl sites for hydroxylation is 1. The number of nitrogens with one attached hydrogen (secondary N) is 2. The Morgan fingerprint density at radius 1 is 1.32 bits per heavy atom. The van der Waals surface area contributed by atoms with Gasteiger partial charge in [0.25, 0.3) is 11.8 Å². The van der Waals surface area contributed by atoms with Crippen molar-refractivity contribution in [3.05, 3.63) is 51.1 Å². The maximum Gasteiger partial charge on any atom is 0.287 e. The molecule has 0 spiro atoms. The van der Waals surface area contributed by atoms with Gasteiger partial charge in [-0.2, -0.15) is 5.10 Å². The maximum atomic E-state index is 12.4. The summed E-state index contributed by atoms with van der Waals surface area (Å²) in [5.74, 6) is 0.357. The molecule has 3 rings (SSSR count). The largest absolute Gasteiger partial charge is 0.455 e. The molecule has 0 unspecified atom stereocenters. The van der Waals surface area contributed by atoms with Crippen LogP contribution in [0.25, 0.3) is 0 Å². The average molecular weight is 449 g/mol. The number of nitrogens with zero attached hydrogens (tertiary/aromatic N) is 2. The number of hydrogen-bond acceptors (Lipinski definition) is 6. The van der Waals surface area contributed by atoms with Crippen molar-refractivity contribution in [1.29, 1.82) is 0 Å². The number of rotatable bonds is 6. The van der Waals surface area contributed by atoms with Gasteiger partial charge < -0.3 is 14.5 Å². The van der Waals surface area contributed by atoms with Crippen LogP contribution < -0.4 is 10.7 Å². The number of pyridine rings is 1. The number of ether oxygens (including phenoxy) is 1. The van der Waals surface area contributed by atoms with E-state index in [-0.39, 0.29) is 17.6 Å². The number of hydrazone groups is 1. The Hall–Kier alpha value is -2.52. The molecule has 2 N–H and O–H groups in total. The van der Waals surface area contributed by atoms with Gasteiger partial charge in [0.15, 0.2) is 5.76 Å². The molecule has 148 valence electrons. The van der Waals surface area contributed by atoms with E-state index in [1.165, 1.54) is 6.20 Å². The fraction of sp³-hybridized carbons (Fsp3) is 0.368. The van der Waals surface area contributed by atoms with Crippen molar-refractivity contribution in [2.24, 2.45) is 5.10 Å². The van der Waals surface area contributed by atoms with Crippen molar-refractivity contribution in [1.82, 2.24) is 15.7 Å². The summed E-state index contributed by atoms with van der Waals surface area (Å²) >= 11 is 3.29. The molecule has 28 heavy (non-hydrogen) atoms. The molecule has 2 aromatic rings. The fourth-order valence-corrected chi connectivity index (χ4v) is 3.43. The highest BCUT2D eigenvalue weighted by atomic mass is 79.9. The van der Waals surface area contributed by atoms with Crippen LogP contribution in [-0.4, -0.2) is 42.8 Å². The number of carbonyl (C=O) groups is 2. The summed E-state index contributed by atoms with van der Waals surface area (Å²) in [5.41, 5.74) is 5.20. The Morgan fingerprint density at radius 2 is 2.14 bits per heavy atom. The van der Waals surface area contributed by atoms with E-state index in [2.05, 4.69) is 36.8 Å². The highest BCUT2D eigenvalue weighted by Crippen LogP contribution is 2.29. The highest BCUT2D eigenvalue weighted by molar-refractivity contribution is 9.10. The summed E-state index contributed by atoms with van der Waals surface area (Å²) in [7, 11) is 1.57. The SMILES string of the molecule is COCCNC(=O)c1oc2c(c1C)/C(=N/NC(=O)c1cncc(Br)c1)CCC2. The van der Waals surface area contributed by atoms with Crippen molar-refractivity contribution in [2.75, 3.05) is 20.3 Å². The van der Waals surface area contributed by atoms with Crippen LogP contribution in [0.1, 0.15) is 50.6 Å². The minimum absolute atomic E-state index is 0.276. The van der Waals surface area contributed by atoms with E-state index in [1.807, 2.05) is 6.92 Å². The molecule has 0 fully saturated rings. The number of methoxy groups -OCH3 is 1. The van der Waals surface area contributed by atoms with Crippen molar-refractivity contribution >= 4 is 33.5 Å². The smallest absolute Gasteiger partial charge is 0.287 e. The highest BCUT2D eigenvalue weighted by Gasteiger charge is 2.28. The van der Waals surface area contributed by atoms with E-state index in [4.69, 9.17) is 9.15 Å². The molecule has 0 aliphatic heterocycles. The van der Waals surface area contributed by atoms with Crippen LogP contribution in [0, 0.1) is 6.92 Å². The normalized spacial score (nSPS) is 14.6. The molecular formula is C19H21BrN4O4. The van der Waals surface area contributed by atoms with Crippen LogP contribution in [0.3, 0.4) is 0 Å². The standard InChI is InChI=1S/C19H21BrN4O4/c1-11-16-14(23-24-18(25)12-8-13(20)10-21-9-12)4-3-5-15(16)28-17(11)19(26)22-6-7-27-2/h8-10H,3-7H2,1-2H3,(H,22,26)(H,24,25)/b23-14+. The Bertz CT molecular complexity index is 923. The predicted octanol–water partition coefficient (Wildman–Crippen LogP) is 2.59. The van der Waals surface area contributed by atoms with Crippen LogP contribution in [-0.2, 0) is 11.2 Å². The number of halogens is 1. The van der Waals surface area contributed by atoms with Gasteiger partial charge in [0, 0.05) is 48.1 Å². The van der Waals surface area contributed by atoms with Gasteiger partial charge in [-0.1, -0.05) is 0 Å². The van der Waals surface area contributed by atoms with Crippen LogP contribution in [0.2, 0.25) is 0 Å². The topological polar surface area (TPSA) is 106 Å². The molecule has 9 heteroatoms. The van der Waals surface area contributed by atoms with Crippen molar-refractivity contribution < 1.29 is 18.7 Å². The van der Waals surface area contributed by atoms with Gasteiger partial charge in [-0.25, -0.2) is 5.43 Å². The number of hydrogen-bond donors (Lipinski definition) is 2. The van der Waals surface area contributed by atoms with Gasteiger partial charge >= 0.3 is 0 Å². The van der Waals surface area contributed by atoms with E-state index in [0.29, 0.717) is 35.3 Å². The van der Waals surface area contributed by atoms with Crippen molar-refractivity contribution in [3.63, 3.8) is 0 Å². The summed E-state index contributed by atoms with van der Waals surface area (Å²) in [6.45, 7) is 2.65. The van der Waals surface area contributed by atoms with E-state index in [9.17, 15) is 9.59 Å². The molecule has 0 radical (unpaired) electrons. The Morgan fingerprint density at radius 3 is 2.89 bits per heavy atom. The molecular weight excluding hydrogens is 428 g/mol. The molecule has 0 atom stereocenters. The molecule has 1 aliphatic rings. The minimum Gasteiger partial charge on any atom is -0.455 e. The van der Waals surface area contributed by atoms with Gasteiger partial charge in [0.2, 0.25) is 0 Å². The lowest BCUT2D eigenvalue weighted by molar-refractivity contribution is 0.0906. The third-order valence-electron chi connectivity index (χ3n) is 4.38. The molecule has 2 heterocycles. The third kappa shape index (κ3) is 4.48. The van der Waals surface area contributed by atoms with Crippen LogP contribution in [0.15, 0.2) is 32.5 Å². The summed E-state index contributed by atoms with van der Waals surface area (Å²) in [5, 5.41) is 7.06. The fourth-order valence-electron chi connectivity index (χ4n) is 3.06. The van der Waals surface area contributed by atoms with Crippen molar-refractivity contribution in [3.8, 4) is 0 Å². The minimum atomic E-state index is -0.355. The third-order valence-corrected chi connectivity index (χ3v) is 4.82. The molecule has 0 saturated heterocycles. The van der Waals surface area contributed by atoms with E-state index in [0.717, 1.165) is 29.7 Å². The molecule has 0 saturated carbocycles. The van der Waals surface area contributed by atoms with E-state index in [1.54, 1.807) is 19.4 Å². The lowest BCUT2D eigenvalue weighted by Gasteiger charge is -2.13. The molecule has 2 amide bonds. The van der Waals surface area contributed by atoms with E-state index >= 15 is 0 Å². The molecule has 0 bridgehead atoms. The maximum absolute atomic E-state index is 12.4. The lowest BCUT2D eigenvalue weighted by Crippen LogP contribution is -2.27. The van der Waals surface area contributed by atoms with Crippen molar-refractivity contribution in [2.45, 2.75) is 26.2 Å². The van der Waals surface area contributed by atoms with Gasteiger partial charge in [-0.15, -0.1) is 0 Å².